The van der Waals surface area contributed by atoms with Crippen molar-refractivity contribution >= 4 is 33.1 Å². The molecule has 0 saturated heterocycles. The Bertz CT molecular complexity index is 614. The molecule has 6 nitrogen and oxygen atoms in total. The first-order valence-corrected chi connectivity index (χ1v) is 7.82. The highest BCUT2D eigenvalue weighted by molar-refractivity contribution is 7.88. The van der Waals surface area contributed by atoms with Crippen LogP contribution in [0.1, 0.15) is 11.1 Å². The van der Waals surface area contributed by atoms with Crippen molar-refractivity contribution < 1.29 is 13.2 Å². The molecule has 0 aliphatic rings. The highest BCUT2D eigenvalue weighted by Crippen LogP contribution is 2.14. The van der Waals surface area contributed by atoms with Crippen molar-refractivity contribution in [2.24, 2.45) is 5.73 Å². The molecule has 0 aliphatic carbocycles. The Morgan fingerprint density at radius 2 is 2.00 bits per heavy atom. The minimum Gasteiger partial charge on any atom is -0.389 e. The quantitative estimate of drug-likeness (QED) is 0.711. The first-order valence-electron chi connectivity index (χ1n) is 5.80. The fourth-order valence-corrected chi connectivity index (χ4v) is 2.95. The van der Waals surface area contributed by atoms with E-state index in [1.165, 1.54) is 14.1 Å². The molecule has 20 heavy (non-hydrogen) atoms. The zero-order valence-electron chi connectivity index (χ0n) is 11.3. The van der Waals surface area contributed by atoms with Gasteiger partial charge in [0.1, 0.15) is 4.99 Å². The average molecular weight is 315 g/mol. The second-order valence-electron chi connectivity index (χ2n) is 4.21. The number of sulfonamides is 1. The second-order valence-corrected chi connectivity index (χ2v) is 6.72. The van der Waals surface area contributed by atoms with Crippen molar-refractivity contribution in [3.8, 4) is 0 Å². The molecule has 110 valence electrons. The Labute approximate surface area is 124 Å². The van der Waals surface area contributed by atoms with E-state index >= 15 is 0 Å². The van der Waals surface area contributed by atoms with Gasteiger partial charge in [0.25, 0.3) is 0 Å². The van der Waals surface area contributed by atoms with Crippen LogP contribution in [-0.4, -0.2) is 44.3 Å². The van der Waals surface area contributed by atoms with E-state index in [9.17, 15) is 13.2 Å². The smallest absolute Gasteiger partial charge is 0.235 e. The summed E-state index contributed by atoms with van der Waals surface area (Å²) in [6.07, 6.45) is 0. The van der Waals surface area contributed by atoms with E-state index in [4.69, 9.17) is 18.0 Å². The fourth-order valence-electron chi connectivity index (χ4n) is 1.57. The van der Waals surface area contributed by atoms with Crippen LogP contribution in [0.3, 0.4) is 0 Å². The van der Waals surface area contributed by atoms with Gasteiger partial charge in [0.05, 0.1) is 12.3 Å². The monoisotopic (exact) mass is 315 g/mol. The van der Waals surface area contributed by atoms with Crippen LogP contribution in [0.4, 0.5) is 0 Å². The van der Waals surface area contributed by atoms with Crippen LogP contribution >= 0.6 is 12.2 Å². The Hall–Kier alpha value is -1.51. The molecule has 0 heterocycles. The van der Waals surface area contributed by atoms with Crippen molar-refractivity contribution in [3.05, 3.63) is 35.4 Å². The molecule has 0 atom stereocenters. The van der Waals surface area contributed by atoms with Gasteiger partial charge < -0.3 is 11.1 Å². The normalized spacial score (nSPS) is 11.3. The molecule has 0 aliphatic heterocycles. The number of rotatable bonds is 6. The van der Waals surface area contributed by atoms with E-state index in [1.54, 1.807) is 24.3 Å². The van der Waals surface area contributed by atoms with Gasteiger partial charge in [0.2, 0.25) is 15.9 Å². The van der Waals surface area contributed by atoms with E-state index in [2.05, 4.69) is 5.32 Å². The van der Waals surface area contributed by atoms with E-state index in [-0.39, 0.29) is 23.2 Å². The number of carbonyl (C=O) groups is 1. The van der Waals surface area contributed by atoms with Gasteiger partial charge in [-0.15, -0.1) is 0 Å². The highest BCUT2D eigenvalue weighted by Gasteiger charge is 2.22. The molecule has 1 rings (SSSR count). The van der Waals surface area contributed by atoms with Crippen LogP contribution in [0.2, 0.25) is 0 Å². The number of hydrogen-bond acceptors (Lipinski definition) is 4. The number of likely N-dealkylation sites (N-methyl/N-ethyl adjacent to an activating group) is 2. The van der Waals surface area contributed by atoms with Crippen molar-refractivity contribution in [2.75, 3.05) is 20.6 Å². The van der Waals surface area contributed by atoms with Crippen molar-refractivity contribution in [1.82, 2.24) is 9.62 Å². The van der Waals surface area contributed by atoms with Gasteiger partial charge in [-0.2, -0.15) is 4.31 Å². The summed E-state index contributed by atoms with van der Waals surface area (Å²) >= 11 is 4.90. The third-order valence-corrected chi connectivity index (χ3v) is 4.72. The number of amides is 1. The van der Waals surface area contributed by atoms with Gasteiger partial charge in [0.15, 0.2) is 0 Å². The molecule has 0 saturated carbocycles. The summed E-state index contributed by atoms with van der Waals surface area (Å²) < 4.78 is 25.4. The summed E-state index contributed by atoms with van der Waals surface area (Å²) in [4.78, 5) is 11.4. The number of nitrogens with two attached hydrogens (primary N) is 1. The van der Waals surface area contributed by atoms with Crippen molar-refractivity contribution in [1.29, 1.82) is 0 Å². The lowest BCUT2D eigenvalue weighted by Gasteiger charge is -2.17. The number of nitrogens with zero attached hydrogens (tertiary/aromatic N) is 1. The highest BCUT2D eigenvalue weighted by atomic mass is 32.2. The predicted molar refractivity (Wildman–Crippen MR) is 81.6 cm³/mol. The summed E-state index contributed by atoms with van der Waals surface area (Å²) in [5.41, 5.74) is 6.62. The summed E-state index contributed by atoms with van der Waals surface area (Å²) in [6, 6.07) is 6.77. The lowest BCUT2D eigenvalue weighted by molar-refractivity contribution is -0.120. The van der Waals surface area contributed by atoms with Gasteiger partial charge in [-0.25, -0.2) is 8.42 Å². The lowest BCUT2D eigenvalue weighted by Crippen LogP contribution is -2.37. The zero-order valence-corrected chi connectivity index (χ0v) is 12.9. The van der Waals surface area contributed by atoms with Crippen molar-refractivity contribution in [3.63, 3.8) is 0 Å². The fraction of sp³-hybridized carbons (Fsp3) is 0.333. The summed E-state index contributed by atoms with van der Waals surface area (Å²) in [6.45, 7) is -0.228. The molecule has 3 N–H and O–H groups in total. The topological polar surface area (TPSA) is 92.5 Å². The van der Waals surface area contributed by atoms with Crippen LogP contribution in [0.25, 0.3) is 0 Å². The Morgan fingerprint density at radius 3 is 2.55 bits per heavy atom. The van der Waals surface area contributed by atoms with Gasteiger partial charge in [-0.05, 0) is 5.56 Å². The van der Waals surface area contributed by atoms with Gasteiger partial charge in [0, 0.05) is 19.7 Å². The SMILES string of the molecule is CNC(=O)CN(C)S(=O)(=O)Cc1ccccc1C(N)=S. The van der Waals surface area contributed by atoms with Crippen LogP contribution in [0.5, 0.6) is 0 Å². The molecule has 0 fully saturated rings. The molecule has 0 unspecified atom stereocenters. The van der Waals surface area contributed by atoms with Gasteiger partial charge in [-0.1, -0.05) is 36.5 Å². The third-order valence-electron chi connectivity index (χ3n) is 2.74. The average Bonchev–Trinajstić information content (AvgIpc) is 2.38. The number of nitrogens with one attached hydrogen (secondary N) is 1. The summed E-state index contributed by atoms with van der Waals surface area (Å²) in [5, 5.41) is 2.38. The predicted octanol–water partition coefficient (Wildman–Crippen LogP) is -0.172. The molecular weight excluding hydrogens is 298 g/mol. The maximum Gasteiger partial charge on any atom is 0.235 e. The van der Waals surface area contributed by atoms with Crippen LogP contribution in [-0.2, 0) is 20.6 Å². The molecule has 0 spiro atoms. The molecule has 0 radical (unpaired) electrons. The van der Waals surface area contributed by atoms with Gasteiger partial charge in [-0.3, -0.25) is 4.79 Å². The molecule has 1 amide bonds. The maximum absolute atomic E-state index is 12.2. The van der Waals surface area contributed by atoms with E-state index in [0.29, 0.717) is 11.1 Å². The molecule has 8 heteroatoms. The first kappa shape index (κ1) is 16.5. The second kappa shape index (κ2) is 6.78. The zero-order chi connectivity index (χ0) is 15.3. The largest absolute Gasteiger partial charge is 0.389 e. The Kier molecular flexibility index (Phi) is 5.61. The van der Waals surface area contributed by atoms with Crippen LogP contribution in [0.15, 0.2) is 24.3 Å². The number of thiocarbonyl (C=S) groups is 1. The third kappa shape index (κ3) is 4.26. The van der Waals surface area contributed by atoms with Crippen molar-refractivity contribution in [2.45, 2.75) is 5.75 Å². The molecule has 0 aromatic heterocycles. The van der Waals surface area contributed by atoms with E-state index in [0.717, 1.165) is 4.31 Å². The lowest BCUT2D eigenvalue weighted by atomic mass is 10.1. The van der Waals surface area contributed by atoms with Gasteiger partial charge >= 0.3 is 0 Å². The Morgan fingerprint density at radius 1 is 1.40 bits per heavy atom. The van der Waals surface area contributed by atoms with E-state index < -0.39 is 10.0 Å². The number of benzene rings is 1. The molecule has 1 aromatic rings. The standard InChI is InChI=1S/C12H17N3O3S2/c1-14-11(16)7-15(2)20(17,18)8-9-5-3-4-6-10(9)12(13)19/h3-6H,7-8H2,1-2H3,(H2,13,19)(H,14,16). The van der Waals surface area contributed by atoms with Crippen LogP contribution in [0, 0.1) is 0 Å². The molecular formula is C12H17N3O3S2. The molecule has 1 aromatic carbocycles. The van der Waals surface area contributed by atoms with Crippen LogP contribution < -0.4 is 11.1 Å². The molecule has 0 bridgehead atoms. The maximum atomic E-state index is 12.2. The Balaban J connectivity index is 2.97. The summed E-state index contributed by atoms with van der Waals surface area (Å²) in [5.74, 6) is -0.632. The number of hydrogen-bond donors (Lipinski definition) is 2. The summed E-state index contributed by atoms with van der Waals surface area (Å²) in [7, 11) is -0.813. The minimum absolute atomic E-state index is 0.143. The first-order chi connectivity index (χ1) is 9.27. The van der Waals surface area contributed by atoms with E-state index in [1.807, 2.05) is 0 Å². The number of carbonyl (C=O) groups excluding carboxylic acids is 1. The minimum atomic E-state index is -3.62.